The van der Waals surface area contributed by atoms with Gasteiger partial charge in [-0.1, -0.05) is 13.3 Å². The Hall–Kier alpha value is -1.49. The van der Waals surface area contributed by atoms with Crippen LogP contribution in [0.2, 0.25) is 0 Å². The largest absolute Gasteiger partial charge is 0.468 e. The molecule has 5 heteroatoms. The number of aliphatic imine (C=N–C) groups is 1. The van der Waals surface area contributed by atoms with Crippen LogP contribution >= 0.6 is 0 Å². The molecule has 1 fully saturated rings. The Morgan fingerprint density at radius 2 is 2.18 bits per heavy atom. The Morgan fingerprint density at radius 1 is 1.41 bits per heavy atom. The minimum Gasteiger partial charge on any atom is -0.468 e. The molecule has 1 heterocycles. The summed E-state index contributed by atoms with van der Waals surface area (Å²) in [5.74, 6) is 1.84. The van der Waals surface area contributed by atoms with Crippen LogP contribution in [0, 0.1) is 5.41 Å². The second-order valence-corrected chi connectivity index (χ2v) is 6.51. The van der Waals surface area contributed by atoms with Gasteiger partial charge in [0.05, 0.1) is 12.3 Å². The number of nitrogens with one attached hydrogen (secondary N) is 2. The fraction of sp³-hybridized carbons (Fsp3) is 0.706. The van der Waals surface area contributed by atoms with Crippen LogP contribution in [0.1, 0.15) is 44.4 Å². The number of hydrogen-bond acceptors (Lipinski definition) is 3. The molecule has 0 saturated heterocycles. The van der Waals surface area contributed by atoms with Gasteiger partial charge in [0.2, 0.25) is 0 Å². The number of rotatable bonds is 7. The number of furan rings is 1. The van der Waals surface area contributed by atoms with Crippen LogP contribution < -0.4 is 10.6 Å². The van der Waals surface area contributed by atoms with Gasteiger partial charge in [-0.05, 0) is 50.9 Å². The van der Waals surface area contributed by atoms with Crippen molar-refractivity contribution in [1.82, 2.24) is 15.5 Å². The molecule has 1 atom stereocenters. The summed E-state index contributed by atoms with van der Waals surface area (Å²) in [7, 11) is 5.95. The van der Waals surface area contributed by atoms with Crippen molar-refractivity contribution < 1.29 is 4.42 Å². The van der Waals surface area contributed by atoms with E-state index in [0.29, 0.717) is 5.41 Å². The minimum absolute atomic E-state index is 0.192. The number of likely N-dealkylation sites (N-methyl/N-ethyl adjacent to an activating group) is 1. The van der Waals surface area contributed by atoms with Crippen molar-refractivity contribution in [3.05, 3.63) is 24.2 Å². The van der Waals surface area contributed by atoms with Gasteiger partial charge in [0, 0.05) is 20.1 Å². The lowest BCUT2D eigenvalue weighted by atomic mass is 9.67. The zero-order valence-electron chi connectivity index (χ0n) is 14.4. The van der Waals surface area contributed by atoms with E-state index in [1.54, 1.807) is 6.26 Å². The highest BCUT2D eigenvalue weighted by atomic mass is 16.3. The minimum atomic E-state index is 0.192. The molecule has 0 bridgehead atoms. The van der Waals surface area contributed by atoms with E-state index >= 15 is 0 Å². The summed E-state index contributed by atoms with van der Waals surface area (Å²) in [4.78, 5) is 6.49. The Bertz CT molecular complexity index is 458. The molecule has 0 aliphatic heterocycles. The van der Waals surface area contributed by atoms with Crippen molar-refractivity contribution in [2.75, 3.05) is 34.2 Å². The number of hydrogen-bond donors (Lipinski definition) is 2. The summed E-state index contributed by atoms with van der Waals surface area (Å²) in [6.45, 7) is 4.06. The van der Waals surface area contributed by atoms with E-state index in [1.165, 1.54) is 25.7 Å². The van der Waals surface area contributed by atoms with E-state index in [-0.39, 0.29) is 6.04 Å². The Morgan fingerprint density at radius 3 is 2.64 bits per heavy atom. The van der Waals surface area contributed by atoms with E-state index in [4.69, 9.17) is 4.42 Å². The van der Waals surface area contributed by atoms with Crippen molar-refractivity contribution in [2.45, 2.75) is 38.6 Å². The van der Waals surface area contributed by atoms with Crippen molar-refractivity contribution in [2.24, 2.45) is 10.4 Å². The van der Waals surface area contributed by atoms with Crippen LogP contribution in [-0.2, 0) is 0 Å². The SMILES string of the molecule is CCC1(CNC(=NC)NCC(c2ccco2)N(C)C)CCC1. The highest BCUT2D eigenvalue weighted by Crippen LogP contribution is 2.42. The van der Waals surface area contributed by atoms with Crippen molar-refractivity contribution >= 4 is 5.96 Å². The van der Waals surface area contributed by atoms with Crippen LogP contribution in [0.15, 0.2) is 27.8 Å². The second-order valence-electron chi connectivity index (χ2n) is 6.51. The van der Waals surface area contributed by atoms with Gasteiger partial charge in [0.15, 0.2) is 5.96 Å². The third kappa shape index (κ3) is 4.03. The van der Waals surface area contributed by atoms with Crippen LogP contribution in [0.25, 0.3) is 0 Å². The molecule has 0 spiro atoms. The molecule has 2 N–H and O–H groups in total. The summed E-state index contributed by atoms with van der Waals surface area (Å²) in [5, 5.41) is 6.91. The molecule has 1 aromatic rings. The van der Waals surface area contributed by atoms with Gasteiger partial charge < -0.3 is 15.1 Å². The van der Waals surface area contributed by atoms with E-state index < -0.39 is 0 Å². The molecular formula is C17H30N4O. The van der Waals surface area contributed by atoms with Crippen molar-refractivity contribution in [3.8, 4) is 0 Å². The maximum absolute atomic E-state index is 5.54. The molecule has 0 aromatic carbocycles. The molecule has 0 amide bonds. The molecule has 124 valence electrons. The van der Waals surface area contributed by atoms with E-state index in [2.05, 4.69) is 41.5 Å². The Labute approximate surface area is 134 Å². The predicted octanol–water partition coefficient (Wildman–Crippen LogP) is 2.63. The van der Waals surface area contributed by atoms with Crippen LogP contribution in [-0.4, -0.2) is 45.1 Å². The average molecular weight is 306 g/mol. The summed E-state index contributed by atoms with van der Waals surface area (Å²) in [6.07, 6.45) is 6.99. The highest BCUT2D eigenvalue weighted by molar-refractivity contribution is 5.79. The van der Waals surface area contributed by atoms with Gasteiger partial charge in [-0.2, -0.15) is 0 Å². The Kier molecular flexibility index (Phi) is 5.89. The topological polar surface area (TPSA) is 52.8 Å². The van der Waals surface area contributed by atoms with Crippen LogP contribution in [0.5, 0.6) is 0 Å². The van der Waals surface area contributed by atoms with Gasteiger partial charge in [0.1, 0.15) is 5.76 Å². The van der Waals surface area contributed by atoms with Gasteiger partial charge in [-0.3, -0.25) is 9.89 Å². The molecule has 1 aliphatic rings. The zero-order valence-corrected chi connectivity index (χ0v) is 14.4. The fourth-order valence-corrected chi connectivity index (χ4v) is 3.04. The summed E-state index contributed by atoms with van der Waals surface area (Å²) < 4.78 is 5.54. The third-order valence-corrected chi connectivity index (χ3v) is 4.98. The monoisotopic (exact) mass is 306 g/mol. The molecule has 22 heavy (non-hydrogen) atoms. The normalized spacial score (nSPS) is 18.9. The predicted molar refractivity (Wildman–Crippen MR) is 91.1 cm³/mol. The van der Waals surface area contributed by atoms with Gasteiger partial charge >= 0.3 is 0 Å². The lowest BCUT2D eigenvalue weighted by Gasteiger charge is -2.41. The third-order valence-electron chi connectivity index (χ3n) is 4.98. The Balaban J connectivity index is 1.85. The van der Waals surface area contributed by atoms with Crippen molar-refractivity contribution in [1.29, 1.82) is 0 Å². The summed E-state index contributed by atoms with van der Waals surface area (Å²) in [5.41, 5.74) is 0.486. The summed E-state index contributed by atoms with van der Waals surface area (Å²) in [6, 6.07) is 4.14. The second kappa shape index (κ2) is 7.68. The van der Waals surface area contributed by atoms with Gasteiger partial charge in [-0.25, -0.2) is 0 Å². The molecule has 5 nitrogen and oxygen atoms in total. The van der Waals surface area contributed by atoms with Crippen LogP contribution in [0.3, 0.4) is 0 Å². The lowest BCUT2D eigenvalue weighted by molar-refractivity contribution is 0.131. The van der Waals surface area contributed by atoms with E-state index in [1.807, 2.05) is 19.2 Å². The van der Waals surface area contributed by atoms with E-state index in [9.17, 15) is 0 Å². The highest BCUT2D eigenvalue weighted by Gasteiger charge is 2.34. The first-order valence-corrected chi connectivity index (χ1v) is 8.24. The molecule has 1 aliphatic carbocycles. The molecular weight excluding hydrogens is 276 g/mol. The zero-order chi connectivity index (χ0) is 16.0. The lowest BCUT2D eigenvalue weighted by Crippen LogP contribution is -2.47. The van der Waals surface area contributed by atoms with E-state index in [0.717, 1.165) is 24.8 Å². The van der Waals surface area contributed by atoms with Gasteiger partial charge in [-0.15, -0.1) is 0 Å². The first kappa shape index (κ1) is 16.9. The van der Waals surface area contributed by atoms with Crippen molar-refractivity contribution in [3.63, 3.8) is 0 Å². The molecule has 1 unspecified atom stereocenters. The maximum Gasteiger partial charge on any atom is 0.191 e. The average Bonchev–Trinajstić information content (AvgIpc) is 2.98. The number of guanidine groups is 1. The summed E-state index contributed by atoms with van der Waals surface area (Å²) >= 11 is 0. The van der Waals surface area contributed by atoms with Gasteiger partial charge in [0.25, 0.3) is 0 Å². The smallest absolute Gasteiger partial charge is 0.191 e. The molecule has 2 rings (SSSR count). The standard InChI is InChI=1S/C17H30N4O/c1-5-17(9-7-10-17)13-20-16(18-2)19-12-14(21(3)4)15-8-6-11-22-15/h6,8,11,14H,5,7,9-10,12-13H2,1-4H3,(H2,18,19,20). The molecule has 0 radical (unpaired) electrons. The fourth-order valence-electron chi connectivity index (χ4n) is 3.04. The molecule has 1 aromatic heterocycles. The number of nitrogens with zero attached hydrogens (tertiary/aromatic N) is 2. The maximum atomic E-state index is 5.54. The first-order chi connectivity index (χ1) is 10.6. The molecule has 1 saturated carbocycles. The van der Waals surface area contributed by atoms with Crippen LogP contribution in [0.4, 0.5) is 0 Å². The quantitative estimate of drug-likeness (QED) is 0.600. The first-order valence-electron chi connectivity index (χ1n) is 8.24.